The van der Waals surface area contributed by atoms with Gasteiger partial charge in [-0.2, -0.15) is 8.78 Å². The molecular formula is C25H21F5O2. The van der Waals surface area contributed by atoms with Gasteiger partial charge in [0.25, 0.3) is 6.43 Å². The van der Waals surface area contributed by atoms with Gasteiger partial charge in [-0.05, 0) is 47.4 Å². The Bertz CT molecular complexity index is 1040. The second kappa shape index (κ2) is 10.3. The molecule has 168 valence electrons. The average Bonchev–Trinajstić information content (AvgIpc) is 2.76. The fourth-order valence-electron chi connectivity index (χ4n) is 3.03. The van der Waals surface area contributed by atoms with Crippen LogP contribution >= 0.6 is 0 Å². The molecule has 3 aromatic rings. The van der Waals surface area contributed by atoms with Crippen molar-refractivity contribution in [3.63, 3.8) is 0 Å². The molecular weight excluding hydrogens is 427 g/mol. The first kappa shape index (κ1) is 23.3. The molecule has 0 aromatic heterocycles. The lowest BCUT2D eigenvalue weighted by Crippen LogP contribution is -2.21. The molecule has 0 radical (unpaired) electrons. The third-order valence-electron chi connectivity index (χ3n) is 4.62. The molecule has 0 fully saturated rings. The van der Waals surface area contributed by atoms with Gasteiger partial charge in [-0.1, -0.05) is 49.7 Å². The summed E-state index contributed by atoms with van der Waals surface area (Å²) in [7, 11) is 0. The number of ether oxygens (including phenoxy) is 2. The molecule has 0 spiro atoms. The molecule has 0 unspecified atom stereocenters. The normalized spacial score (nSPS) is 11.8. The summed E-state index contributed by atoms with van der Waals surface area (Å²) in [4.78, 5) is 0. The van der Waals surface area contributed by atoms with Crippen LogP contribution in [0.5, 0.6) is 11.5 Å². The molecule has 7 heteroatoms. The Morgan fingerprint density at radius 1 is 0.906 bits per heavy atom. The van der Waals surface area contributed by atoms with Crippen molar-refractivity contribution in [1.82, 2.24) is 0 Å². The van der Waals surface area contributed by atoms with Crippen molar-refractivity contribution >= 4 is 0 Å². The Morgan fingerprint density at radius 2 is 1.53 bits per heavy atom. The molecule has 32 heavy (non-hydrogen) atoms. The highest BCUT2D eigenvalue weighted by atomic mass is 19.3. The molecule has 0 amide bonds. The summed E-state index contributed by atoms with van der Waals surface area (Å²) < 4.78 is 76.6. The molecule has 0 bridgehead atoms. The van der Waals surface area contributed by atoms with Gasteiger partial charge in [0.1, 0.15) is 5.75 Å². The van der Waals surface area contributed by atoms with Gasteiger partial charge in [0.2, 0.25) is 0 Å². The molecule has 3 rings (SSSR count). The first-order valence-corrected chi connectivity index (χ1v) is 9.96. The van der Waals surface area contributed by atoms with Gasteiger partial charge in [-0.25, -0.2) is 13.2 Å². The van der Waals surface area contributed by atoms with Crippen LogP contribution in [0.1, 0.15) is 24.5 Å². The smallest absolute Gasteiger partial charge is 0.426 e. The quantitative estimate of drug-likeness (QED) is 0.246. The Morgan fingerprint density at radius 3 is 2.09 bits per heavy atom. The summed E-state index contributed by atoms with van der Waals surface area (Å²) in [6.45, 7) is 2.10. The molecule has 2 nitrogen and oxygen atoms in total. The number of aryl methyl sites for hydroxylation is 1. The van der Waals surface area contributed by atoms with Crippen LogP contribution in [-0.2, 0) is 12.5 Å². The highest BCUT2D eigenvalue weighted by Crippen LogP contribution is 2.34. The van der Waals surface area contributed by atoms with Crippen molar-refractivity contribution in [2.75, 3.05) is 0 Å². The van der Waals surface area contributed by atoms with Crippen LogP contribution < -0.4 is 9.47 Å². The van der Waals surface area contributed by atoms with Crippen molar-refractivity contribution < 1.29 is 31.4 Å². The zero-order valence-corrected chi connectivity index (χ0v) is 17.2. The highest BCUT2D eigenvalue weighted by molar-refractivity contribution is 5.64. The minimum atomic E-state index is -3.71. The van der Waals surface area contributed by atoms with Crippen LogP contribution in [0.4, 0.5) is 22.0 Å². The molecule has 0 aliphatic rings. The largest absolute Gasteiger partial charge is 0.462 e. The number of hydrogen-bond donors (Lipinski definition) is 0. The van der Waals surface area contributed by atoms with Crippen LogP contribution in [-0.4, -0.2) is 6.43 Å². The van der Waals surface area contributed by atoms with E-state index in [1.165, 1.54) is 17.7 Å². The number of rotatable bonds is 9. The van der Waals surface area contributed by atoms with Crippen molar-refractivity contribution in [3.05, 3.63) is 96.0 Å². The molecule has 3 aromatic carbocycles. The molecule has 0 saturated carbocycles. The molecule has 0 N–H and O–H groups in total. The second-order valence-electron chi connectivity index (χ2n) is 7.02. The van der Waals surface area contributed by atoms with E-state index in [9.17, 15) is 22.0 Å². The van der Waals surface area contributed by atoms with Gasteiger partial charge in [-0.15, -0.1) is 0 Å². The number of allylic oxidation sites excluding steroid dienone is 1. The predicted molar refractivity (Wildman–Crippen MR) is 113 cm³/mol. The second-order valence-corrected chi connectivity index (χ2v) is 7.02. The fourth-order valence-corrected chi connectivity index (χ4v) is 3.03. The fraction of sp³-hybridized carbons (Fsp3) is 0.200. The van der Waals surface area contributed by atoms with Gasteiger partial charge in [0.05, 0.1) is 11.8 Å². The first-order valence-electron chi connectivity index (χ1n) is 9.96. The zero-order valence-electron chi connectivity index (χ0n) is 17.2. The zero-order chi connectivity index (χ0) is 23.1. The van der Waals surface area contributed by atoms with E-state index in [0.717, 1.165) is 36.1 Å². The van der Waals surface area contributed by atoms with E-state index in [2.05, 4.69) is 11.7 Å². The lowest BCUT2D eigenvalue weighted by Gasteiger charge is -2.19. The summed E-state index contributed by atoms with van der Waals surface area (Å²) in [5.41, 5.74) is 2.49. The standard InChI is InChI=1S/C25H21F5O2/c1-2-3-17-4-6-18(7-5-17)19-8-10-20(11-9-19)25(29,30)32-21-12-13-23(22(26)16-21)31-15-14-24(27)28/h4-16,24H,2-3H2,1H3/b15-14+. The van der Waals surface area contributed by atoms with E-state index in [0.29, 0.717) is 18.4 Å². The Kier molecular flexibility index (Phi) is 7.51. The average molecular weight is 448 g/mol. The molecule has 0 heterocycles. The SMILES string of the molecule is CCCc1ccc(-c2ccc(C(F)(F)Oc3ccc(O/C=C/C(F)F)c(F)c3)cc2)cc1. The van der Waals surface area contributed by atoms with Gasteiger partial charge in [0.15, 0.2) is 11.6 Å². The van der Waals surface area contributed by atoms with Gasteiger partial charge in [-0.3, -0.25) is 0 Å². The minimum Gasteiger partial charge on any atom is -0.462 e. The van der Waals surface area contributed by atoms with Crippen molar-refractivity contribution in [2.24, 2.45) is 0 Å². The van der Waals surface area contributed by atoms with E-state index in [4.69, 9.17) is 4.74 Å². The summed E-state index contributed by atoms with van der Waals surface area (Å²) in [6.07, 6.45) is -3.42. The van der Waals surface area contributed by atoms with Crippen molar-refractivity contribution in [3.8, 4) is 22.6 Å². The van der Waals surface area contributed by atoms with Crippen LogP contribution in [0.25, 0.3) is 11.1 Å². The highest BCUT2D eigenvalue weighted by Gasteiger charge is 2.34. The summed E-state index contributed by atoms with van der Waals surface area (Å²) >= 11 is 0. The summed E-state index contributed by atoms with van der Waals surface area (Å²) in [5.74, 6) is -1.86. The van der Waals surface area contributed by atoms with Crippen LogP contribution in [0.3, 0.4) is 0 Å². The maximum absolute atomic E-state index is 14.6. The van der Waals surface area contributed by atoms with Gasteiger partial charge >= 0.3 is 6.11 Å². The Balaban J connectivity index is 1.70. The minimum absolute atomic E-state index is 0.396. The van der Waals surface area contributed by atoms with E-state index in [1.54, 1.807) is 12.1 Å². The van der Waals surface area contributed by atoms with Crippen LogP contribution in [0.2, 0.25) is 0 Å². The maximum atomic E-state index is 14.6. The number of alkyl halides is 4. The third-order valence-corrected chi connectivity index (χ3v) is 4.62. The van der Waals surface area contributed by atoms with E-state index in [1.807, 2.05) is 24.3 Å². The Labute approximate surface area is 182 Å². The van der Waals surface area contributed by atoms with Crippen molar-refractivity contribution in [2.45, 2.75) is 32.3 Å². The van der Waals surface area contributed by atoms with Crippen molar-refractivity contribution in [1.29, 1.82) is 0 Å². The third kappa shape index (κ3) is 6.09. The molecule has 0 saturated heterocycles. The van der Waals surface area contributed by atoms with Crippen LogP contribution in [0, 0.1) is 5.82 Å². The molecule has 0 atom stereocenters. The van der Waals surface area contributed by atoms with E-state index >= 15 is 0 Å². The lowest BCUT2D eigenvalue weighted by atomic mass is 10.0. The predicted octanol–water partition coefficient (Wildman–Crippen LogP) is 7.73. The first-order chi connectivity index (χ1) is 15.3. The molecule has 0 aliphatic carbocycles. The lowest BCUT2D eigenvalue weighted by molar-refractivity contribution is -0.185. The monoisotopic (exact) mass is 448 g/mol. The maximum Gasteiger partial charge on any atom is 0.426 e. The van der Waals surface area contributed by atoms with E-state index < -0.39 is 35.4 Å². The van der Waals surface area contributed by atoms with E-state index in [-0.39, 0.29) is 0 Å². The topological polar surface area (TPSA) is 18.5 Å². The number of halogens is 5. The summed E-state index contributed by atoms with van der Waals surface area (Å²) in [5, 5.41) is 0. The molecule has 0 aliphatic heterocycles. The number of hydrogen-bond acceptors (Lipinski definition) is 2. The number of benzene rings is 3. The Hall–Kier alpha value is -3.35. The summed E-state index contributed by atoms with van der Waals surface area (Å²) in [6, 6.07) is 16.3. The van der Waals surface area contributed by atoms with Gasteiger partial charge < -0.3 is 9.47 Å². The van der Waals surface area contributed by atoms with Crippen LogP contribution in [0.15, 0.2) is 79.1 Å². The van der Waals surface area contributed by atoms with Gasteiger partial charge in [0, 0.05) is 12.1 Å².